The van der Waals surface area contributed by atoms with E-state index in [0.717, 1.165) is 43.4 Å². The summed E-state index contributed by atoms with van der Waals surface area (Å²) >= 11 is 0. The summed E-state index contributed by atoms with van der Waals surface area (Å²) in [6, 6.07) is 7.67. The topological polar surface area (TPSA) is 52.9 Å². The number of methoxy groups -OCH3 is 1. The zero-order chi connectivity index (χ0) is 15.5. The van der Waals surface area contributed by atoms with Crippen molar-refractivity contribution in [1.82, 2.24) is 4.90 Å². The summed E-state index contributed by atoms with van der Waals surface area (Å²) < 4.78 is 5.19. The quantitative estimate of drug-likeness (QED) is 0.818. The van der Waals surface area contributed by atoms with Gasteiger partial charge in [-0.2, -0.15) is 0 Å². The largest absolute Gasteiger partial charge is 0.497 e. The Bertz CT molecular complexity index is 438. The highest BCUT2D eigenvalue weighted by molar-refractivity contribution is 5.32. The van der Waals surface area contributed by atoms with Gasteiger partial charge in [-0.15, -0.1) is 0 Å². The predicted molar refractivity (Wildman–Crippen MR) is 83.5 cm³/mol. The van der Waals surface area contributed by atoms with E-state index in [0.29, 0.717) is 0 Å². The second kappa shape index (κ2) is 6.77. The predicted octanol–water partition coefficient (Wildman–Crippen LogP) is 2.35. The number of ether oxygens (including phenoxy) is 1. The van der Waals surface area contributed by atoms with Crippen LogP contribution in [0.4, 0.5) is 0 Å². The Morgan fingerprint density at radius 3 is 2.14 bits per heavy atom. The van der Waals surface area contributed by atoms with Crippen molar-refractivity contribution < 1.29 is 14.9 Å². The van der Waals surface area contributed by atoms with Crippen molar-refractivity contribution >= 4 is 0 Å². The second-order valence-electron chi connectivity index (χ2n) is 6.29. The molecule has 0 aromatic heterocycles. The molecule has 0 unspecified atom stereocenters. The molecule has 0 radical (unpaired) electrons. The van der Waals surface area contributed by atoms with Gasteiger partial charge in [0.25, 0.3) is 0 Å². The van der Waals surface area contributed by atoms with Crippen molar-refractivity contribution in [1.29, 1.82) is 0 Å². The maximum atomic E-state index is 11.1. The molecular formula is C17H27NO3. The van der Waals surface area contributed by atoms with Crippen LogP contribution in [0.25, 0.3) is 0 Å². The van der Waals surface area contributed by atoms with Crippen LogP contribution in [0.15, 0.2) is 24.3 Å². The Kier molecular flexibility index (Phi) is 5.25. The van der Waals surface area contributed by atoms with Crippen LogP contribution in [0, 0.1) is 0 Å². The molecule has 2 atom stereocenters. The molecule has 4 nitrogen and oxygen atoms in total. The molecule has 1 aromatic carbocycles. The SMILES string of the molecule is COc1ccc([C@@H]([C@H](O)N(C)C)C2(O)CCCCC2)cc1. The number of nitrogens with zero attached hydrogens (tertiary/aromatic N) is 1. The number of hydrogen-bond donors (Lipinski definition) is 2. The lowest BCUT2D eigenvalue weighted by molar-refractivity contribution is -0.0965. The van der Waals surface area contributed by atoms with Crippen LogP contribution in [-0.4, -0.2) is 48.1 Å². The van der Waals surface area contributed by atoms with Gasteiger partial charge in [0, 0.05) is 0 Å². The lowest BCUT2D eigenvalue weighted by atomic mass is 9.71. The average Bonchev–Trinajstić information content (AvgIpc) is 2.48. The van der Waals surface area contributed by atoms with Gasteiger partial charge in [-0.1, -0.05) is 31.4 Å². The first kappa shape index (κ1) is 16.3. The van der Waals surface area contributed by atoms with E-state index < -0.39 is 11.8 Å². The molecule has 0 spiro atoms. The first-order valence-corrected chi connectivity index (χ1v) is 7.69. The Morgan fingerprint density at radius 1 is 1.10 bits per heavy atom. The standard InChI is InChI=1S/C17H27NO3/c1-18(2)16(19)15(17(20)11-5-4-6-12-17)13-7-9-14(21-3)10-8-13/h7-10,15-16,19-20H,4-6,11-12H2,1-3H3/t15-,16-/m0/s1. The van der Waals surface area contributed by atoms with Gasteiger partial charge in [0.2, 0.25) is 0 Å². The molecule has 1 aromatic rings. The van der Waals surface area contributed by atoms with Crippen molar-refractivity contribution in [3.63, 3.8) is 0 Å². The average molecular weight is 293 g/mol. The first-order valence-electron chi connectivity index (χ1n) is 7.69. The molecule has 0 aliphatic heterocycles. The Labute approximate surface area is 127 Å². The van der Waals surface area contributed by atoms with Crippen LogP contribution in [0.2, 0.25) is 0 Å². The number of aliphatic hydroxyl groups is 2. The molecule has 1 fully saturated rings. The maximum absolute atomic E-state index is 11.1. The third kappa shape index (κ3) is 3.57. The highest BCUT2D eigenvalue weighted by atomic mass is 16.5. The summed E-state index contributed by atoms with van der Waals surface area (Å²) in [5, 5.41) is 21.7. The summed E-state index contributed by atoms with van der Waals surface area (Å²) in [5.41, 5.74) is 0.123. The van der Waals surface area contributed by atoms with Crippen LogP contribution >= 0.6 is 0 Å². The smallest absolute Gasteiger partial charge is 0.118 e. The van der Waals surface area contributed by atoms with E-state index in [1.165, 1.54) is 0 Å². The Balaban J connectivity index is 2.34. The van der Waals surface area contributed by atoms with Crippen molar-refractivity contribution in [2.24, 2.45) is 0 Å². The molecule has 1 aliphatic carbocycles. The van der Waals surface area contributed by atoms with Crippen LogP contribution < -0.4 is 4.74 Å². The third-order valence-corrected chi connectivity index (χ3v) is 4.60. The minimum absolute atomic E-state index is 0.307. The van der Waals surface area contributed by atoms with Crippen LogP contribution in [0.5, 0.6) is 5.75 Å². The van der Waals surface area contributed by atoms with Crippen molar-refractivity contribution in [2.75, 3.05) is 21.2 Å². The zero-order valence-corrected chi connectivity index (χ0v) is 13.2. The number of benzene rings is 1. The maximum Gasteiger partial charge on any atom is 0.118 e. The lowest BCUT2D eigenvalue weighted by Crippen LogP contribution is -2.48. The molecule has 0 amide bonds. The van der Waals surface area contributed by atoms with Crippen LogP contribution in [0.3, 0.4) is 0 Å². The van der Waals surface area contributed by atoms with Crippen LogP contribution in [0.1, 0.15) is 43.6 Å². The second-order valence-corrected chi connectivity index (χ2v) is 6.29. The van der Waals surface area contributed by atoms with E-state index in [1.807, 2.05) is 38.4 Å². The minimum Gasteiger partial charge on any atom is -0.497 e. The lowest BCUT2D eigenvalue weighted by Gasteiger charge is -2.43. The van der Waals surface area contributed by atoms with Gasteiger partial charge in [0.05, 0.1) is 18.6 Å². The fourth-order valence-electron chi connectivity index (χ4n) is 3.34. The van der Waals surface area contributed by atoms with Gasteiger partial charge in [-0.05, 0) is 44.6 Å². The van der Waals surface area contributed by atoms with Gasteiger partial charge in [0.15, 0.2) is 0 Å². The fourth-order valence-corrected chi connectivity index (χ4v) is 3.34. The van der Waals surface area contributed by atoms with E-state index in [-0.39, 0.29) is 5.92 Å². The number of aliphatic hydroxyl groups excluding tert-OH is 1. The number of hydrogen-bond acceptors (Lipinski definition) is 4. The summed E-state index contributed by atoms with van der Waals surface area (Å²) in [6.45, 7) is 0. The molecule has 1 aliphatic rings. The van der Waals surface area contributed by atoms with Gasteiger partial charge in [0.1, 0.15) is 12.0 Å². The van der Waals surface area contributed by atoms with E-state index >= 15 is 0 Å². The van der Waals surface area contributed by atoms with E-state index in [4.69, 9.17) is 4.74 Å². The highest BCUT2D eigenvalue weighted by Gasteiger charge is 2.43. The molecular weight excluding hydrogens is 266 g/mol. The van der Waals surface area contributed by atoms with E-state index in [1.54, 1.807) is 12.0 Å². The molecule has 2 N–H and O–H groups in total. The Hall–Kier alpha value is -1.10. The normalized spacial score (nSPS) is 21.0. The number of rotatable bonds is 5. The molecule has 0 bridgehead atoms. The number of likely N-dealkylation sites (N-methyl/N-ethyl adjacent to an activating group) is 1. The fraction of sp³-hybridized carbons (Fsp3) is 0.647. The molecule has 0 heterocycles. The molecule has 21 heavy (non-hydrogen) atoms. The van der Waals surface area contributed by atoms with E-state index in [9.17, 15) is 10.2 Å². The van der Waals surface area contributed by atoms with Gasteiger partial charge in [-0.25, -0.2) is 0 Å². The van der Waals surface area contributed by atoms with Gasteiger partial charge in [-0.3, -0.25) is 4.90 Å². The molecule has 1 saturated carbocycles. The minimum atomic E-state index is -0.837. The highest BCUT2D eigenvalue weighted by Crippen LogP contribution is 2.42. The van der Waals surface area contributed by atoms with Crippen molar-refractivity contribution in [3.8, 4) is 5.75 Å². The third-order valence-electron chi connectivity index (χ3n) is 4.60. The molecule has 4 heteroatoms. The molecule has 2 rings (SSSR count). The summed E-state index contributed by atoms with van der Waals surface area (Å²) in [5.74, 6) is 0.478. The Morgan fingerprint density at radius 2 is 1.67 bits per heavy atom. The monoisotopic (exact) mass is 293 g/mol. The van der Waals surface area contributed by atoms with Crippen LogP contribution in [-0.2, 0) is 0 Å². The summed E-state index contributed by atoms with van der Waals surface area (Å²) in [6.07, 6.45) is 3.98. The summed E-state index contributed by atoms with van der Waals surface area (Å²) in [7, 11) is 5.32. The van der Waals surface area contributed by atoms with Gasteiger partial charge >= 0.3 is 0 Å². The van der Waals surface area contributed by atoms with Gasteiger partial charge < -0.3 is 14.9 Å². The first-order chi connectivity index (χ1) is 9.98. The molecule has 118 valence electrons. The molecule has 0 saturated heterocycles. The van der Waals surface area contributed by atoms with E-state index in [2.05, 4.69) is 0 Å². The van der Waals surface area contributed by atoms with Crippen molar-refractivity contribution in [3.05, 3.63) is 29.8 Å². The zero-order valence-electron chi connectivity index (χ0n) is 13.2. The van der Waals surface area contributed by atoms with Crippen molar-refractivity contribution in [2.45, 2.75) is 49.9 Å². The summed E-state index contributed by atoms with van der Waals surface area (Å²) in [4.78, 5) is 1.77.